The van der Waals surface area contributed by atoms with Gasteiger partial charge in [-0.05, 0) is 30.0 Å². The third-order valence-electron chi connectivity index (χ3n) is 5.23. The summed E-state index contributed by atoms with van der Waals surface area (Å²) in [7, 11) is 0. The molecule has 2 saturated heterocycles. The van der Waals surface area contributed by atoms with Crippen LogP contribution < -0.4 is 0 Å². The largest absolute Gasteiger partial charge is 0.483 e. The molecule has 0 saturated carbocycles. The van der Waals surface area contributed by atoms with Crippen LogP contribution in [-0.2, 0) is 14.3 Å². The number of carbonyl (C=O) groups excluding carboxylic acids is 1. The zero-order valence-electron chi connectivity index (χ0n) is 16.0. The monoisotopic (exact) mass is 380 g/mol. The van der Waals surface area contributed by atoms with E-state index in [2.05, 4.69) is 11.8 Å². The first-order valence-electron chi connectivity index (χ1n) is 9.42. The predicted molar refractivity (Wildman–Crippen MR) is 99.8 cm³/mol. The minimum atomic E-state index is -0.250. The molecule has 0 unspecified atom stereocenters. The van der Waals surface area contributed by atoms with E-state index in [1.54, 1.807) is 19.1 Å². The molecule has 2 heterocycles. The molecule has 1 aromatic rings. The Hall–Kier alpha value is -1.99. The van der Waals surface area contributed by atoms with Crippen LogP contribution in [0.15, 0.2) is 24.3 Å². The van der Waals surface area contributed by atoms with Crippen LogP contribution >= 0.6 is 0 Å². The molecule has 0 aliphatic carbocycles. The van der Waals surface area contributed by atoms with Gasteiger partial charge in [-0.2, -0.15) is 0 Å². The molecule has 150 valence electrons. The Kier molecular flexibility index (Phi) is 8.19. The molecule has 2 aliphatic heterocycles. The van der Waals surface area contributed by atoms with Gasteiger partial charge in [-0.3, -0.25) is 9.59 Å². The van der Waals surface area contributed by atoms with Crippen LogP contribution in [0.5, 0.6) is 0 Å². The van der Waals surface area contributed by atoms with Gasteiger partial charge in [0.25, 0.3) is 6.47 Å². The van der Waals surface area contributed by atoms with E-state index in [0.29, 0.717) is 11.8 Å². The van der Waals surface area contributed by atoms with Crippen molar-refractivity contribution in [1.82, 2.24) is 9.80 Å². The fourth-order valence-electron chi connectivity index (χ4n) is 4.20. The van der Waals surface area contributed by atoms with Crippen LogP contribution in [0.2, 0.25) is 0 Å². The number of amides is 1. The second kappa shape index (κ2) is 10.4. The van der Waals surface area contributed by atoms with Crippen molar-refractivity contribution >= 4 is 12.4 Å². The zero-order valence-corrected chi connectivity index (χ0v) is 16.0. The number of nitrogens with zero attached hydrogens (tertiary/aromatic N) is 2. The van der Waals surface area contributed by atoms with E-state index in [-0.39, 0.29) is 24.2 Å². The Bertz CT molecular complexity index is 628. The lowest BCUT2D eigenvalue weighted by atomic mass is 9.89. The third-order valence-corrected chi connectivity index (χ3v) is 5.23. The zero-order chi connectivity index (χ0) is 19.8. The molecule has 2 fully saturated rings. The number of hydrogen-bond acceptors (Lipinski definition) is 4. The summed E-state index contributed by atoms with van der Waals surface area (Å²) >= 11 is 0. The standard InChI is InChI=1S/C19H27FN2O2.CH2O2/c1-3-8-24-9-7-21-11-16-12-22(14(2)23)19(18(16)13-21)15-5-4-6-17(20)10-15;2-1-3/h4-6,10,16,18-19H,3,7-9,11-13H2,1-2H3;1H,(H,2,3)/t16-,18-,19+;/m1./s1. The number of hydrogen-bond donors (Lipinski definition) is 1. The van der Waals surface area contributed by atoms with Crippen LogP contribution in [0, 0.1) is 17.7 Å². The molecule has 0 radical (unpaired) electrons. The molecular formula is C20H29FN2O4. The molecule has 6 nitrogen and oxygen atoms in total. The Morgan fingerprint density at radius 3 is 2.70 bits per heavy atom. The van der Waals surface area contributed by atoms with E-state index in [1.165, 1.54) is 6.07 Å². The number of carbonyl (C=O) groups is 2. The lowest BCUT2D eigenvalue weighted by molar-refractivity contribution is -0.130. The summed E-state index contributed by atoms with van der Waals surface area (Å²) in [6.45, 7) is 8.69. The van der Waals surface area contributed by atoms with Gasteiger partial charge in [-0.1, -0.05) is 19.1 Å². The normalized spacial score (nSPS) is 24.3. The van der Waals surface area contributed by atoms with Gasteiger partial charge < -0.3 is 19.6 Å². The molecule has 0 spiro atoms. The Balaban J connectivity index is 0.000000817. The average molecular weight is 380 g/mol. The fourth-order valence-corrected chi connectivity index (χ4v) is 4.20. The Morgan fingerprint density at radius 2 is 2.07 bits per heavy atom. The van der Waals surface area contributed by atoms with E-state index in [9.17, 15) is 9.18 Å². The van der Waals surface area contributed by atoms with E-state index in [0.717, 1.165) is 51.4 Å². The van der Waals surface area contributed by atoms with Gasteiger partial charge in [0.1, 0.15) is 5.82 Å². The molecule has 27 heavy (non-hydrogen) atoms. The van der Waals surface area contributed by atoms with E-state index in [4.69, 9.17) is 14.6 Å². The van der Waals surface area contributed by atoms with Crippen LogP contribution in [0.4, 0.5) is 4.39 Å². The van der Waals surface area contributed by atoms with E-state index < -0.39 is 0 Å². The minimum absolute atomic E-state index is 0.00948. The number of halogens is 1. The summed E-state index contributed by atoms with van der Waals surface area (Å²) in [5.41, 5.74) is 0.918. The highest BCUT2D eigenvalue weighted by Crippen LogP contribution is 2.44. The van der Waals surface area contributed by atoms with Gasteiger partial charge in [-0.25, -0.2) is 4.39 Å². The van der Waals surface area contributed by atoms with Gasteiger partial charge >= 0.3 is 0 Å². The molecule has 2 aliphatic rings. The van der Waals surface area contributed by atoms with Crippen molar-refractivity contribution in [3.05, 3.63) is 35.6 Å². The van der Waals surface area contributed by atoms with Crippen LogP contribution in [0.3, 0.4) is 0 Å². The molecule has 3 atom stereocenters. The van der Waals surface area contributed by atoms with Gasteiger partial charge in [-0.15, -0.1) is 0 Å². The number of benzene rings is 1. The quantitative estimate of drug-likeness (QED) is 0.606. The molecule has 0 aromatic heterocycles. The van der Waals surface area contributed by atoms with Crippen molar-refractivity contribution in [3.63, 3.8) is 0 Å². The molecule has 7 heteroatoms. The minimum Gasteiger partial charge on any atom is -0.483 e. The highest BCUT2D eigenvalue weighted by Gasteiger charge is 2.48. The van der Waals surface area contributed by atoms with E-state index in [1.807, 2.05) is 11.0 Å². The number of rotatable bonds is 6. The number of carboxylic acid groups (broad SMARTS) is 1. The van der Waals surface area contributed by atoms with Crippen molar-refractivity contribution in [2.75, 3.05) is 39.4 Å². The summed E-state index contributed by atoms with van der Waals surface area (Å²) < 4.78 is 19.3. The second-order valence-corrected chi connectivity index (χ2v) is 7.07. The highest BCUT2D eigenvalue weighted by molar-refractivity contribution is 5.74. The molecule has 1 amide bonds. The van der Waals surface area contributed by atoms with Gasteiger partial charge in [0.05, 0.1) is 12.6 Å². The number of ether oxygens (including phenoxy) is 1. The van der Waals surface area contributed by atoms with Crippen molar-refractivity contribution in [3.8, 4) is 0 Å². The van der Waals surface area contributed by atoms with Crippen molar-refractivity contribution in [2.24, 2.45) is 11.8 Å². The van der Waals surface area contributed by atoms with Crippen LogP contribution in [0.25, 0.3) is 0 Å². The topological polar surface area (TPSA) is 70.1 Å². The number of fused-ring (bicyclic) bond motifs is 1. The summed E-state index contributed by atoms with van der Waals surface area (Å²) in [4.78, 5) is 24.8. The van der Waals surface area contributed by atoms with Crippen LogP contribution in [-0.4, -0.2) is 66.7 Å². The van der Waals surface area contributed by atoms with Crippen molar-refractivity contribution in [2.45, 2.75) is 26.3 Å². The maximum atomic E-state index is 13.7. The summed E-state index contributed by atoms with van der Waals surface area (Å²) in [5, 5.41) is 6.89. The Labute approximate surface area is 159 Å². The first kappa shape index (κ1) is 21.3. The second-order valence-electron chi connectivity index (χ2n) is 7.07. The molecule has 3 rings (SSSR count). The van der Waals surface area contributed by atoms with Gasteiger partial charge in [0.15, 0.2) is 0 Å². The molecule has 1 aromatic carbocycles. The Morgan fingerprint density at radius 1 is 1.33 bits per heavy atom. The summed E-state index contributed by atoms with van der Waals surface area (Å²) in [6.07, 6.45) is 1.04. The predicted octanol–water partition coefficient (Wildman–Crippen LogP) is 2.40. The van der Waals surface area contributed by atoms with E-state index >= 15 is 0 Å². The maximum absolute atomic E-state index is 13.7. The lowest BCUT2D eigenvalue weighted by Gasteiger charge is -2.29. The maximum Gasteiger partial charge on any atom is 0.290 e. The SMILES string of the molecule is CCCOCCN1C[C@@H]2CN(C(C)=O)[C@@H](c3cccc(F)c3)[C@@H]2C1.O=CO. The third kappa shape index (κ3) is 5.49. The van der Waals surface area contributed by atoms with Crippen molar-refractivity contribution in [1.29, 1.82) is 0 Å². The van der Waals surface area contributed by atoms with Gasteiger partial charge in [0.2, 0.25) is 5.91 Å². The first-order valence-corrected chi connectivity index (χ1v) is 9.42. The fraction of sp³-hybridized carbons (Fsp3) is 0.600. The summed E-state index contributed by atoms with van der Waals surface area (Å²) in [5.74, 6) is 0.689. The molecule has 0 bridgehead atoms. The lowest BCUT2D eigenvalue weighted by Crippen LogP contribution is -2.35. The molecular weight excluding hydrogens is 351 g/mol. The highest BCUT2D eigenvalue weighted by atomic mass is 19.1. The van der Waals surface area contributed by atoms with Crippen molar-refractivity contribution < 1.29 is 23.8 Å². The smallest absolute Gasteiger partial charge is 0.290 e. The summed E-state index contributed by atoms with van der Waals surface area (Å²) in [6, 6.07) is 6.71. The van der Waals surface area contributed by atoms with Crippen LogP contribution in [0.1, 0.15) is 31.9 Å². The van der Waals surface area contributed by atoms with Gasteiger partial charge in [0, 0.05) is 45.6 Å². The average Bonchev–Trinajstić information content (AvgIpc) is 3.16. The molecule has 1 N–H and O–H groups in total. The number of likely N-dealkylation sites (tertiary alicyclic amines) is 2. The first-order chi connectivity index (χ1) is 13.0.